The summed E-state index contributed by atoms with van der Waals surface area (Å²) in [5.74, 6) is 1.23. The van der Waals surface area contributed by atoms with E-state index >= 15 is 0 Å². The Kier molecular flexibility index (Phi) is 5.63. The van der Waals surface area contributed by atoms with Gasteiger partial charge in [0.1, 0.15) is 6.10 Å². The summed E-state index contributed by atoms with van der Waals surface area (Å²) < 4.78 is 16.1. The van der Waals surface area contributed by atoms with Gasteiger partial charge in [0.25, 0.3) is 5.91 Å². The zero-order chi connectivity index (χ0) is 16.1. The fourth-order valence-corrected chi connectivity index (χ4v) is 2.58. The van der Waals surface area contributed by atoms with Gasteiger partial charge in [-0.15, -0.1) is 0 Å². The number of hydrogen-bond donors (Lipinski definition) is 2. The van der Waals surface area contributed by atoms with Crippen molar-refractivity contribution >= 4 is 5.91 Å². The van der Waals surface area contributed by atoms with Gasteiger partial charge in [-0.05, 0) is 37.1 Å². The lowest BCUT2D eigenvalue weighted by atomic mass is 10.0. The third-order valence-electron chi connectivity index (χ3n) is 3.82. The summed E-state index contributed by atoms with van der Waals surface area (Å²) in [6, 6.07) is 3.67. The van der Waals surface area contributed by atoms with Gasteiger partial charge in [0.2, 0.25) is 0 Å². The minimum Gasteiger partial charge on any atom is -0.493 e. The van der Waals surface area contributed by atoms with E-state index in [1.807, 2.05) is 26.0 Å². The summed E-state index contributed by atoms with van der Waals surface area (Å²) in [6.07, 6.45) is -0.434. The van der Waals surface area contributed by atoms with E-state index in [0.717, 1.165) is 17.7 Å². The monoisotopic (exact) mass is 308 g/mol. The van der Waals surface area contributed by atoms with E-state index in [1.165, 1.54) is 0 Å². The molecule has 1 aliphatic rings. The molecule has 2 rings (SSSR count). The van der Waals surface area contributed by atoms with Crippen LogP contribution in [0.4, 0.5) is 0 Å². The Morgan fingerprint density at radius 1 is 1.36 bits per heavy atom. The maximum absolute atomic E-state index is 12.2. The second kappa shape index (κ2) is 7.47. The van der Waals surface area contributed by atoms with E-state index in [1.54, 1.807) is 14.2 Å². The molecule has 1 amide bonds. The van der Waals surface area contributed by atoms with E-state index in [9.17, 15) is 4.79 Å². The number of ether oxygens (including phenoxy) is 3. The highest BCUT2D eigenvalue weighted by molar-refractivity contribution is 5.81. The second-order valence-corrected chi connectivity index (χ2v) is 5.36. The molecule has 1 aromatic carbocycles. The topological polar surface area (TPSA) is 68.8 Å². The normalized spacial score (nSPS) is 19.4. The van der Waals surface area contributed by atoms with Gasteiger partial charge in [-0.1, -0.05) is 0 Å². The molecule has 0 radical (unpaired) electrons. The largest absolute Gasteiger partial charge is 0.493 e. The van der Waals surface area contributed by atoms with Crippen molar-refractivity contribution in [2.75, 3.05) is 33.9 Å². The number of aryl methyl sites for hydroxylation is 1. The highest BCUT2D eigenvalue weighted by atomic mass is 16.5. The van der Waals surface area contributed by atoms with Gasteiger partial charge in [-0.25, -0.2) is 0 Å². The van der Waals surface area contributed by atoms with Gasteiger partial charge in [0, 0.05) is 13.1 Å². The summed E-state index contributed by atoms with van der Waals surface area (Å²) in [5.41, 5.74) is 2.03. The van der Waals surface area contributed by atoms with Crippen LogP contribution in [0, 0.1) is 6.92 Å². The fourth-order valence-electron chi connectivity index (χ4n) is 2.58. The van der Waals surface area contributed by atoms with Crippen molar-refractivity contribution in [3.63, 3.8) is 0 Å². The number of rotatable bonds is 5. The molecule has 22 heavy (non-hydrogen) atoms. The number of methoxy groups -OCH3 is 2. The summed E-state index contributed by atoms with van der Waals surface area (Å²) in [4.78, 5) is 12.2. The minimum absolute atomic E-state index is 0.103. The van der Waals surface area contributed by atoms with Gasteiger partial charge in [0.15, 0.2) is 11.5 Å². The molecule has 0 saturated carbocycles. The Bertz CT molecular complexity index is 527. The average Bonchev–Trinajstić information content (AvgIpc) is 2.55. The molecule has 1 fully saturated rings. The van der Waals surface area contributed by atoms with Crippen molar-refractivity contribution < 1.29 is 19.0 Å². The van der Waals surface area contributed by atoms with Crippen LogP contribution in [0.25, 0.3) is 0 Å². The van der Waals surface area contributed by atoms with Gasteiger partial charge in [-0.2, -0.15) is 0 Å². The van der Waals surface area contributed by atoms with E-state index in [4.69, 9.17) is 14.2 Å². The predicted octanol–water partition coefficient (Wildman–Crippen LogP) is 1.18. The Balaban J connectivity index is 2.11. The zero-order valence-electron chi connectivity index (χ0n) is 13.6. The summed E-state index contributed by atoms with van der Waals surface area (Å²) in [5, 5.41) is 6.15. The second-order valence-electron chi connectivity index (χ2n) is 5.36. The maximum atomic E-state index is 12.2. The van der Waals surface area contributed by atoms with Gasteiger partial charge < -0.3 is 24.8 Å². The third kappa shape index (κ3) is 3.69. The molecule has 0 aromatic heterocycles. The Hall–Kier alpha value is -1.79. The quantitative estimate of drug-likeness (QED) is 0.855. The number of nitrogens with one attached hydrogen (secondary N) is 2. The van der Waals surface area contributed by atoms with Gasteiger partial charge >= 0.3 is 0 Å². The molecule has 1 aliphatic heterocycles. The van der Waals surface area contributed by atoms with Crippen molar-refractivity contribution in [3.05, 3.63) is 23.3 Å². The summed E-state index contributed by atoms with van der Waals surface area (Å²) in [6.45, 7) is 5.82. The van der Waals surface area contributed by atoms with Crippen LogP contribution in [-0.4, -0.2) is 45.9 Å². The first kappa shape index (κ1) is 16.6. The molecule has 0 bridgehead atoms. The first-order chi connectivity index (χ1) is 10.6. The van der Waals surface area contributed by atoms with Crippen LogP contribution in [0.15, 0.2) is 12.1 Å². The van der Waals surface area contributed by atoms with Crippen molar-refractivity contribution in [2.45, 2.75) is 26.0 Å². The lowest BCUT2D eigenvalue weighted by Gasteiger charge is -2.25. The molecule has 122 valence electrons. The molecule has 2 N–H and O–H groups in total. The smallest absolute Gasteiger partial charge is 0.250 e. The SMILES string of the molecule is COc1cc(C)c(C(C)NC(=O)C2CNCCO2)cc1OC. The highest BCUT2D eigenvalue weighted by Gasteiger charge is 2.24. The third-order valence-corrected chi connectivity index (χ3v) is 3.82. The fraction of sp³-hybridized carbons (Fsp3) is 0.562. The number of benzene rings is 1. The van der Waals surface area contributed by atoms with Crippen LogP contribution < -0.4 is 20.1 Å². The van der Waals surface area contributed by atoms with Gasteiger partial charge in [-0.3, -0.25) is 4.79 Å². The zero-order valence-corrected chi connectivity index (χ0v) is 13.6. The molecule has 1 aromatic rings. The standard InChI is InChI=1S/C16H24N2O4/c1-10-7-13(20-3)14(21-4)8-12(10)11(2)18-16(19)15-9-17-5-6-22-15/h7-8,11,15,17H,5-6,9H2,1-4H3,(H,18,19). The average molecular weight is 308 g/mol. The lowest BCUT2D eigenvalue weighted by Crippen LogP contribution is -2.48. The maximum Gasteiger partial charge on any atom is 0.250 e. The first-order valence-electron chi connectivity index (χ1n) is 7.42. The minimum atomic E-state index is -0.434. The molecule has 6 heteroatoms. The first-order valence-corrected chi connectivity index (χ1v) is 7.42. The Morgan fingerprint density at radius 2 is 2.05 bits per heavy atom. The van der Waals surface area contributed by atoms with Crippen LogP contribution >= 0.6 is 0 Å². The molecular formula is C16H24N2O4. The molecule has 2 atom stereocenters. The molecule has 0 aliphatic carbocycles. The number of amides is 1. The molecule has 2 unspecified atom stereocenters. The van der Waals surface area contributed by atoms with E-state index in [2.05, 4.69) is 10.6 Å². The number of carbonyl (C=O) groups excluding carboxylic acids is 1. The molecule has 1 saturated heterocycles. The Morgan fingerprint density at radius 3 is 2.64 bits per heavy atom. The summed E-state index contributed by atoms with van der Waals surface area (Å²) >= 11 is 0. The van der Waals surface area contributed by atoms with Crippen molar-refractivity contribution in [1.82, 2.24) is 10.6 Å². The van der Waals surface area contributed by atoms with Crippen LogP contribution in [0.1, 0.15) is 24.1 Å². The van der Waals surface area contributed by atoms with Crippen LogP contribution in [0.2, 0.25) is 0 Å². The van der Waals surface area contributed by atoms with Crippen LogP contribution in [0.3, 0.4) is 0 Å². The summed E-state index contributed by atoms with van der Waals surface area (Å²) in [7, 11) is 3.21. The molecule has 0 spiro atoms. The van der Waals surface area contributed by atoms with Gasteiger partial charge in [0.05, 0.1) is 26.9 Å². The highest BCUT2D eigenvalue weighted by Crippen LogP contribution is 2.32. The van der Waals surface area contributed by atoms with E-state index in [0.29, 0.717) is 24.7 Å². The van der Waals surface area contributed by atoms with Crippen LogP contribution in [-0.2, 0) is 9.53 Å². The number of hydrogen-bond acceptors (Lipinski definition) is 5. The van der Waals surface area contributed by atoms with E-state index in [-0.39, 0.29) is 11.9 Å². The molecule has 1 heterocycles. The van der Waals surface area contributed by atoms with Crippen LogP contribution in [0.5, 0.6) is 11.5 Å². The van der Waals surface area contributed by atoms with E-state index < -0.39 is 6.10 Å². The lowest BCUT2D eigenvalue weighted by molar-refractivity contribution is -0.134. The Labute approximate surface area is 131 Å². The molecular weight excluding hydrogens is 284 g/mol. The predicted molar refractivity (Wildman–Crippen MR) is 83.5 cm³/mol. The van der Waals surface area contributed by atoms with Crippen molar-refractivity contribution in [3.8, 4) is 11.5 Å². The number of carbonyl (C=O) groups is 1. The van der Waals surface area contributed by atoms with Crippen molar-refractivity contribution in [2.24, 2.45) is 0 Å². The van der Waals surface area contributed by atoms with Crippen molar-refractivity contribution in [1.29, 1.82) is 0 Å². The number of morpholine rings is 1. The molecule has 6 nitrogen and oxygen atoms in total.